The lowest BCUT2D eigenvalue weighted by molar-refractivity contribution is -0.121. The number of anilines is 1. The van der Waals surface area contributed by atoms with Gasteiger partial charge in [-0.3, -0.25) is 9.59 Å². The average Bonchev–Trinajstić information content (AvgIpc) is 3.16. The van der Waals surface area contributed by atoms with Crippen molar-refractivity contribution in [3.05, 3.63) is 48.0 Å². The first-order chi connectivity index (χ1) is 16.1. The van der Waals surface area contributed by atoms with Gasteiger partial charge in [-0.15, -0.1) is 0 Å². The van der Waals surface area contributed by atoms with Crippen LogP contribution < -0.4 is 9.64 Å². The minimum Gasteiger partial charge on any atom is -0.495 e. The maximum atomic E-state index is 13.3. The fourth-order valence-electron chi connectivity index (χ4n) is 4.01. The number of methoxy groups -OCH3 is 1. The molecule has 2 aliphatic rings. The molecule has 0 saturated carbocycles. The lowest BCUT2D eigenvalue weighted by atomic mass is 10.2. The second-order valence-electron chi connectivity index (χ2n) is 8.08. The molecule has 2 aromatic rings. The number of hydrogen-bond acceptors (Lipinski definition) is 7. The number of ether oxygens (including phenoxy) is 1. The van der Waals surface area contributed by atoms with E-state index in [0.717, 1.165) is 10.5 Å². The number of piperazine rings is 1. The molecule has 10 nitrogen and oxygen atoms in total. The third-order valence-electron chi connectivity index (χ3n) is 5.94. The zero-order valence-corrected chi connectivity index (χ0v) is 20.4. The topological polar surface area (TPSA) is 121 Å². The zero-order valence-electron chi connectivity index (χ0n) is 18.8. The fourth-order valence-corrected chi connectivity index (χ4v) is 6.87. The summed E-state index contributed by atoms with van der Waals surface area (Å²) in [6.07, 6.45) is 0.104. The highest BCUT2D eigenvalue weighted by Gasteiger charge is 2.36. The summed E-state index contributed by atoms with van der Waals surface area (Å²) in [6, 6.07) is 10.5. The van der Waals surface area contributed by atoms with Gasteiger partial charge in [0.05, 0.1) is 22.6 Å². The maximum absolute atomic E-state index is 13.3. The smallest absolute Gasteiger partial charge is 0.243 e. The second kappa shape index (κ2) is 9.10. The monoisotopic (exact) mass is 507 g/mol. The minimum atomic E-state index is -4.01. The highest BCUT2D eigenvalue weighted by molar-refractivity contribution is 7.89. The molecule has 34 heavy (non-hydrogen) atoms. The summed E-state index contributed by atoms with van der Waals surface area (Å²) in [7, 11) is -6.38. The molecule has 2 amide bonds. The van der Waals surface area contributed by atoms with E-state index in [1.54, 1.807) is 12.1 Å². The Kier molecular flexibility index (Phi) is 6.51. The third-order valence-corrected chi connectivity index (χ3v) is 9.74. The van der Waals surface area contributed by atoms with Gasteiger partial charge in [0.2, 0.25) is 31.9 Å². The summed E-state index contributed by atoms with van der Waals surface area (Å²) in [4.78, 5) is 25.4. The fraction of sp³-hybridized carbons (Fsp3) is 0.364. The van der Waals surface area contributed by atoms with E-state index in [-0.39, 0.29) is 60.2 Å². The molecule has 0 radical (unpaired) electrons. The number of carbonyl (C=O) groups is 2. The van der Waals surface area contributed by atoms with E-state index < -0.39 is 31.9 Å². The van der Waals surface area contributed by atoms with Crippen molar-refractivity contribution in [3.8, 4) is 5.75 Å². The molecule has 2 aliphatic heterocycles. The molecule has 2 fully saturated rings. The van der Waals surface area contributed by atoms with Crippen LogP contribution in [0.2, 0.25) is 0 Å². The van der Waals surface area contributed by atoms with Gasteiger partial charge in [-0.05, 0) is 37.3 Å². The molecule has 0 bridgehead atoms. The number of imide groups is 1. The van der Waals surface area contributed by atoms with E-state index in [4.69, 9.17) is 4.74 Å². The van der Waals surface area contributed by atoms with Crippen LogP contribution in [-0.4, -0.2) is 70.5 Å². The molecule has 0 aromatic heterocycles. The van der Waals surface area contributed by atoms with Crippen molar-refractivity contribution in [1.29, 1.82) is 0 Å². The highest BCUT2D eigenvalue weighted by Crippen LogP contribution is 2.35. The quantitative estimate of drug-likeness (QED) is 0.541. The molecule has 0 unspecified atom stereocenters. The molecule has 12 heteroatoms. The van der Waals surface area contributed by atoms with Gasteiger partial charge in [0.1, 0.15) is 5.75 Å². The molecule has 0 N–H and O–H groups in total. The van der Waals surface area contributed by atoms with E-state index in [1.165, 1.54) is 46.1 Å². The van der Waals surface area contributed by atoms with E-state index in [1.807, 2.05) is 6.92 Å². The van der Waals surface area contributed by atoms with Crippen LogP contribution in [0.25, 0.3) is 0 Å². The van der Waals surface area contributed by atoms with Crippen molar-refractivity contribution in [1.82, 2.24) is 8.61 Å². The van der Waals surface area contributed by atoms with Crippen LogP contribution in [0.5, 0.6) is 5.75 Å². The Morgan fingerprint density at radius 2 is 1.21 bits per heavy atom. The van der Waals surface area contributed by atoms with Crippen LogP contribution in [-0.2, 0) is 29.6 Å². The van der Waals surface area contributed by atoms with Gasteiger partial charge < -0.3 is 4.74 Å². The van der Waals surface area contributed by atoms with Crippen LogP contribution in [0, 0.1) is 6.92 Å². The Balaban J connectivity index is 1.56. The largest absolute Gasteiger partial charge is 0.495 e. The van der Waals surface area contributed by atoms with Gasteiger partial charge in [-0.2, -0.15) is 8.61 Å². The first kappa shape index (κ1) is 24.3. The van der Waals surface area contributed by atoms with Crippen molar-refractivity contribution in [3.63, 3.8) is 0 Å². The predicted molar refractivity (Wildman–Crippen MR) is 123 cm³/mol. The van der Waals surface area contributed by atoms with Crippen molar-refractivity contribution in [2.24, 2.45) is 0 Å². The highest BCUT2D eigenvalue weighted by atomic mass is 32.2. The zero-order chi connectivity index (χ0) is 24.7. The Bertz CT molecular complexity index is 1320. The number of amides is 2. The Morgan fingerprint density at radius 1 is 0.735 bits per heavy atom. The number of nitrogens with zero attached hydrogens (tertiary/aromatic N) is 3. The van der Waals surface area contributed by atoms with E-state index in [0.29, 0.717) is 0 Å². The van der Waals surface area contributed by atoms with E-state index in [9.17, 15) is 26.4 Å². The minimum absolute atomic E-state index is 0.00154. The lowest BCUT2D eigenvalue weighted by Gasteiger charge is -2.33. The number of aryl methyl sites for hydroxylation is 1. The van der Waals surface area contributed by atoms with Crippen molar-refractivity contribution in [2.75, 3.05) is 38.2 Å². The SMILES string of the molecule is COc1ccc(S(=O)(=O)N2CCN(S(=O)(=O)c3ccc(C)cc3)CC2)cc1N1C(=O)CCC1=O. The van der Waals surface area contributed by atoms with Gasteiger partial charge in [-0.1, -0.05) is 17.7 Å². The summed E-state index contributed by atoms with van der Waals surface area (Å²) in [5, 5.41) is 0. The normalized spacial score (nSPS) is 18.5. The standard InChI is InChI=1S/C22H25N3O7S2/c1-16-3-5-17(6-4-16)33(28,29)23-11-13-24(14-12-23)34(30,31)18-7-8-20(32-2)19(15-18)25-21(26)9-10-22(25)27/h3-8,15H,9-14H2,1-2H3. The molecule has 0 aliphatic carbocycles. The lowest BCUT2D eigenvalue weighted by Crippen LogP contribution is -2.50. The molecule has 2 saturated heterocycles. The second-order valence-corrected chi connectivity index (χ2v) is 12.0. The summed E-state index contributed by atoms with van der Waals surface area (Å²) in [5.41, 5.74) is 1.02. The number of rotatable bonds is 6. The van der Waals surface area contributed by atoms with Crippen LogP contribution >= 0.6 is 0 Å². The van der Waals surface area contributed by atoms with Gasteiger partial charge in [0.25, 0.3) is 0 Å². The molecule has 182 valence electrons. The van der Waals surface area contributed by atoms with Crippen molar-refractivity contribution in [2.45, 2.75) is 29.6 Å². The average molecular weight is 508 g/mol. The Labute approximate surface area is 198 Å². The maximum Gasteiger partial charge on any atom is 0.243 e. The molecular weight excluding hydrogens is 482 g/mol. The van der Waals surface area contributed by atoms with E-state index in [2.05, 4.69) is 0 Å². The van der Waals surface area contributed by atoms with Gasteiger partial charge in [0, 0.05) is 39.0 Å². The summed E-state index contributed by atoms with van der Waals surface area (Å²) in [6.45, 7) is 1.80. The van der Waals surface area contributed by atoms with Crippen LogP contribution in [0.15, 0.2) is 52.3 Å². The van der Waals surface area contributed by atoms with Crippen LogP contribution in [0.1, 0.15) is 18.4 Å². The molecular formula is C22H25N3O7S2. The van der Waals surface area contributed by atoms with Gasteiger partial charge >= 0.3 is 0 Å². The summed E-state index contributed by atoms with van der Waals surface area (Å²) >= 11 is 0. The summed E-state index contributed by atoms with van der Waals surface area (Å²) < 4.78 is 60.2. The van der Waals surface area contributed by atoms with E-state index >= 15 is 0 Å². The molecule has 4 rings (SSSR count). The van der Waals surface area contributed by atoms with Gasteiger partial charge in [-0.25, -0.2) is 21.7 Å². The first-order valence-electron chi connectivity index (χ1n) is 10.7. The summed E-state index contributed by atoms with van der Waals surface area (Å²) in [5.74, 6) is -0.642. The van der Waals surface area contributed by atoms with Crippen molar-refractivity contribution >= 4 is 37.5 Å². The van der Waals surface area contributed by atoms with Crippen LogP contribution in [0.3, 0.4) is 0 Å². The van der Waals surface area contributed by atoms with Crippen molar-refractivity contribution < 1.29 is 31.2 Å². The third kappa shape index (κ3) is 4.33. The van der Waals surface area contributed by atoms with Crippen LogP contribution in [0.4, 0.5) is 5.69 Å². The predicted octanol–water partition coefficient (Wildman–Crippen LogP) is 1.35. The molecule has 0 atom stereocenters. The number of hydrogen-bond donors (Lipinski definition) is 0. The molecule has 0 spiro atoms. The number of carbonyl (C=O) groups excluding carboxylic acids is 2. The number of sulfonamides is 2. The number of benzene rings is 2. The Hall–Kier alpha value is -2.80. The Morgan fingerprint density at radius 3 is 1.71 bits per heavy atom. The molecule has 2 heterocycles. The van der Waals surface area contributed by atoms with Gasteiger partial charge in [0.15, 0.2) is 0 Å². The molecule has 2 aromatic carbocycles. The first-order valence-corrected chi connectivity index (χ1v) is 13.5.